The molecule has 1 aromatic heterocycles. The van der Waals surface area contributed by atoms with E-state index in [9.17, 15) is 14.7 Å². The summed E-state index contributed by atoms with van der Waals surface area (Å²) in [4.78, 5) is 25.7. The third-order valence-corrected chi connectivity index (χ3v) is 5.07. The number of hydrogen-bond donors (Lipinski definition) is 2. The number of likely N-dealkylation sites (tertiary alicyclic amines) is 1. The molecule has 0 bridgehead atoms. The zero-order chi connectivity index (χ0) is 19.4. The molecule has 144 valence electrons. The lowest BCUT2D eigenvalue weighted by atomic mass is 9.98. The highest BCUT2D eigenvalue weighted by molar-refractivity contribution is 5.92. The van der Waals surface area contributed by atoms with Crippen molar-refractivity contribution in [3.8, 4) is 5.69 Å². The Kier molecular flexibility index (Phi) is 5.91. The number of carboxylic acids is 1. The van der Waals surface area contributed by atoms with Crippen molar-refractivity contribution in [2.24, 2.45) is 5.92 Å². The Morgan fingerprint density at radius 1 is 1.26 bits per heavy atom. The van der Waals surface area contributed by atoms with Crippen molar-refractivity contribution >= 4 is 17.6 Å². The first-order valence-electron chi connectivity index (χ1n) is 9.32. The first-order valence-corrected chi connectivity index (χ1v) is 9.32. The average molecular weight is 370 g/mol. The molecule has 2 aromatic rings. The molecule has 0 saturated carbocycles. The zero-order valence-electron chi connectivity index (χ0n) is 15.8. The van der Waals surface area contributed by atoms with Crippen molar-refractivity contribution in [1.82, 2.24) is 14.7 Å². The van der Waals surface area contributed by atoms with Crippen molar-refractivity contribution in [3.63, 3.8) is 0 Å². The van der Waals surface area contributed by atoms with Gasteiger partial charge in [0.1, 0.15) is 0 Å². The number of carbonyl (C=O) groups excluding carboxylic acids is 1. The molecule has 1 aromatic carbocycles. The maximum absolute atomic E-state index is 12.4. The van der Waals surface area contributed by atoms with Gasteiger partial charge in [-0.1, -0.05) is 18.2 Å². The third-order valence-electron chi connectivity index (χ3n) is 5.07. The smallest absolute Gasteiger partial charge is 0.307 e. The minimum atomic E-state index is -0.747. The van der Waals surface area contributed by atoms with Crippen LogP contribution in [0.1, 0.15) is 30.7 Å². The van der Waals surface area contributed by atoms with E-state index in [1.165, 1.54) is 0 Å². The molecule has 1 saturated heterocycles. The minimum absolute atomic E-state index is 0.0775. The number of amides is 1. The second-order valence-corrected chi connectivity index (χ2v) is 7.07. The quantitative estimate of drug-likeness (QED) is 0.816. The molecule has 1 fully saturated rings. The molecule has 0 spiro atoms. The largest absolute Gasteiger partial charge is 0.481 e. The zero-order valence-corrected chi connectivity index (χ0v) is 15.8. The standard InChI is InChI=1S/C20H26N4O3/c1-14-19(15(2)24(22-14)17-8-4-3-5-9-17)21-18(25)10-12-23-11-6-7-16(13-23)20(26)27/h3-5,8-9,16H,6-7,10-13H2,1-2H3,(H,21,25)(H,26,27). The van der Waals surface area contributed by atoms with Crippen LogP contribution >= 0.6 is 0 Å². The number of carbonyl (C=O) groups is 2. The molecular formula is C20H26N4O3. The van der Waals surface area contributed by atoms with E-state index < -0.39 is 5.97 Å². The fraction of sp³-hybridized carbons (Fsp3) is 0.450. The van der Waals surface area contributed by atoms with E-state index in [4.69, 9.17) is 0 Å². The summed E-state index contributed by atoms with van der Waals surface area (Å²) >= 11 is 0. The van der Waals surface area contributed by atoms with Crippen molar-refractivity contribution in [2.75, 3.05) is 25.0 Å². The normalized spacial score (nSPS) is 17.6. The Morgan fingerprint density at radius 3 is 2.70 bits per heavy atom. The molecule has 7 heteroatoms. The van der Waals surface area contributed by atoms with Gasteiger partial charge >= 0.3 is 5.97 Å². The number of nitrogens with one attached hydrogen (secondary N) is 1. The summed E-state index contributed by atoms with van der Waals surface area (Å²) in [5, 5.41) is 16.7. The summed E-state index contributed by atoms with van der Waals surface area (Å²) < 4.78 is 1.83. The average Bonchev–Trinajstić information content (AvgIpc) is 2.95. The van der Waals surface area contributed by atoms with Gasteiger partial charge in [-0.2, -0.15) is 5.10 Å². The molecule has 7 nitrogen and oxygen atoms in total. The molecular weight excluding hydrogens is 344 g/mol. The van der Waals surface area contributed by atoms with Gasteiger partial charge in [-0.3, -0.25) is 9.59 Å². The molecule has 3 rings (SSSR count). The van der Waals surface area contributed by atoms with Gasteiger partial charge in [0.05, 0.1) is 28.7 Å². The summed E-state index contributed by atoms with van der Waals surface area (Å²) in [6.45, 7) is 5.75. The van der Waals surface area contributed by atoms with Crippen molar-refractivity contribution in [3.05, 3.63) is 41.7 Å². The first-order chi connectivity index (χ1) is 13.0. The lowest BCUT2D eigenvalue weighted by Crippen LogP contribution is -2.40. The van der Waals surface area contributed by atoms with E-state index in [1.807, 2.05) is 48.9 Å². The minimum Gasteiger partial charge on any atom is -0.481 e. The van der Waals surface area contributed by atoms with Crippen molar-refractivity contribution < 1.29 is 14.7 Å². The van der Waals surface area contributed by atoms with Crippen molar-refractivity contribution in [1.29, 1.82) is 0 Å². The van der Waals surface area contributed by atoms with Crippen LogP contribution in [0, 0.1) is 19.8 Å². The summed E-state index contributed by atoms with van der Waals surface area (Å²) in [6.07, 6.45) is 1.91. The summed E-state index contributed by atoms with van der Waals surface area (Å²) in [6, 6.07) is 9.80. The van der Waals surface area contributed by atoms with E-state index in [2.05, 4.69) is 15.3 Å². The lowest BCUT2D eigenvalue weighted by molar-refractivity contribution is -0.143. The number of piperidine rings is 1. The van der Waals surface area contributed by atoms with Gasteiger partial charge in [0.2, 0.25) is 5.91 Å². The Morgan fingerprint density at radius 2 is 2.00 bits per heavy atom. The van der Waals surface area contributed by atoms with Crippen LogP contribution in [0.3, 0.4) is 0 Å². The molecule has 27 heavy (non-hydrogen) atoms. The predicted octanol–water partition coefficient (Wildman–Crippen LogP) is 2.61. The van der Waals surface area contributed by atoms with Crippen LogP contribution in [0.4, 0.5) is 5.69 Å². The van der Waals surface area contributed by atoms with Crippen LogP contribution in [-0.4, -0.2) is 51.3 Å². The van der Waals surface area contributed by atoms with Crippen LogP contribution in [0.2, 0.25) is 0 Å². The number of carboxylic acid groups (broad SMARTS) is 1. The van der Waals surface area contributed by atoms with Crippen LogP contribution in [0.15, 0.2) is 30.3 Å². The van der Waals surface area contributed by atoms with E-state index in [-0.39, 0.29) is 11.8 Å². The highest BCUT2D eigenvalue weighted by atomic mass is 16.4. The highest BCUT2D eigenvalue weighted by Gasteiger charge is 2.25. The van der Waals surface area contributed by atoms with Crippen LogP contribution in [0.25, 0.3) is 5.69 Å². The monoisotopic (exact) mass is 370 g/mol. The van der Waals surface area contributed by atoms with Crippen LogP contribution in [0.5, 0.6) is 0 Å². The predicted molar refractivity (Wildman–Crippen MR) is 103 cm³/mol. The summed E-state index contributed by atoms with van der Waals surface area (Å²) in [5.74, 6) is -1.15. The van der Waals surface area contributed by atoms with E-state index in [0.29, 0.717) is 19.5 Å². The number of aliphatic carboxylic acids is 1. The van der Waals surface area contributed by atoms with Gasteiger partial charge in [0.15, 0.2) is 0 Å². The maximum atomic E-state index is 12.4. The number of aryl methyl sites for hydroxylation is 1. The van der Waals surface area contributed by atoms with Gasteiger partial charge in [-0.15, -0.1) is 0 Å². The first kappa shape index (κ1) is 19.1. The highest BCUT2D eigenvalue weighted by Crippen LogP contribution is 2.23. The molecule has 1 amide bonds. The number of para-hydroxylation sites is 1. The molecule has 0 aliphatic carbocycles. The van der Waals surface area contributed by atoms with Gasteiger partial charge < -0.3 is 15.3 Å². The lowest BCUT2D eigenvalue weighted by Gasteiger charge is -2.30. The topological polar surface area (TPSA) is 87.5 Å². The van der Waals surface area contributed by atoms with Gasteiger partial charge in [-0.05, 0) is 45.4 Å². The number of anilines is 1. The Labute approximate surface area is 159 Å². The van der Waals surface area contributed by atoms with E-state index >= 15 is 0 Å². The van der Waals surface area contributed by atoms with Gasteiger partial charge in [0.25, 0.3) is 0 Å². The molecule has 1 aliphatic heterocycles. The molecule has 1 atom stereocenters. The fourth-order valence-electron chi connectivity index (χ4n) is 3.57. The molecule has 2 heterocycles. The second-order valence-electron chi connectivity index (χ2n) is 7.07. The maximum Gasteiger partial charge on any atom is 0.307 e. The fourth-order valence-corrected chi connectivity index (χ4v) is 3.57. The summed E-state index contributed by atoms with van der Waals surface area (Å²) in [5.41, 5.74) is 3.35. The van der Waals surface area contributed by atoms with Crippen molar-refractivity contribution in [2.45, 2.75) is 33.1 Å². The molecule has 0 radical (unpaired) electrons. The number of nitrogens with zero attached hydrogens (tertiary/aromatic N) is 3. The van der Waals surface area contributed by atoms with E-state index in [0.717, 1.165) is 42.1 Å². The number of aromatic nitrogens is 2. The van der Waals surface area contributed by atoms with Gasteiger partial charge in [-0.25, -0.2) is 4.68 Å². The van der Waals surface area contributed by atoms with Crippen LogP contribution in [-0.2, 0) is 9.59 Å². The molecule has 2 N–H and O–H groups in total. The second kappa shape index (κ2) is 8.35. The molecule has 1 aliphatic rings. The SMILES string of the molecule is Cc1nn(-c2ccccc2)c(C)c1NC(=O)CCN1CCCC(C(=O)O)C1. The molecule has 1 unspecified atom stereocenters. The number of rotatable bonds is 6. The third kappa shape index (κ3) is 4.54. The Balaban J connectivity index is 1.60. The summed E-state index contributed by atoms with van der Waals surface area (Å²) in [7, 11) is 0. The van der Waals surface area contributed by atoms with Gasteiger partial charge in [0, 0.05) is 19.5 Å². The van der Waals surface area contributed by atoms with E-state index in [1.54, 1.807) is 0 Å². The Hall–Kier alpha value is -2.67. The number of hydrogen-bond acceptors (Lipinski definition) is 4. The Bertz CT molecular complexity index is 816. The number of benzene rings is 1. The van der Waals surface area contributed by atoms with Crippen LogP contribution < -0.4 is 5.32 Å².